The Morgan fingerprint density at radius 1 is 1.03 bits per heavy atom. The third-order valence-corrected chi connectivity index (χ3v) is 7.50. The molecule has 0 bridgehead atoms. The van der Waals surface area contributed by atoms with E-state index in [1.165, 1.54) is 12.1 Å². The summed E-state index contributed by atoms with van der Waals surface area (Å²) >= 11 is 0. The fourth-order valence-corrected chi connectivity index (χ4v) is 5.42. The molecule has 0 atom stereocenters. The van der Waals surface area contributed by atoms with Crippen LogP contribution in [0.1, 0.15) is 64.8 Å². The van der Waals surface area contributed by atoms with E-state index in [0.29, 0.717) is 25.2 Å². The molecule has 8 heteroatoms. The molecule has 1 aliphatic heterocycles. The number of rotatable bonds is 8. The highest BCUT2D eigenvalue weighted by molar-refractivity contribution is 6.03. The monoisotopic (exact) mass is 535 g/mol. The highest BCUT2D eigenvalue weighted by Gasteiger charge is 2.31. The maximum absolute atomic E-state index is 13.2. The van der Waals surface area contributed by atoms with Crippen LogP contribution in [0, 0.1) is 6.92 Å². The molecule has 0 aliphatic carbocycles. The molecule has 3 heterocycles. The van der Waals surface area contributed by atoms with Crippen LogP contribution in [0.5, 0.6) is 5.75 Å². The van der Waals surface area contributed by atoms with Crippen molar-refractivity contribution in [2.24, 2.45) is 0 Å². The van der Waals surface area contributed by atoms with Gasteiger partial charge in [-0.3, -0.25) is 4.79 Å². The van der Waals surface area contributed by atoms with Crippen LogP contribution in [0.4, 0.5) is 18.9 Å². The number of anilines is 1. The lowest BCUT2D eigenvalue weighted by molar-refractivity contribution is -0.274. The summed E-state index contributed by atoms with van der Waals surface area (Å²) in [7, 11) is 0. The molecular formula is C31H32F3N3O2. The van der Waals surface area contributed by atoms with Crippen molar-refractivity contribution in [1.82, 2.24) is 9.61 Å². The Hall–Kier alpha value is -3.81. The number of hydrogen-bond donors (Lipinski definition) is 0. The first-order valence-electron chi connectivity index (χ1n) is 13.4. The van der Waals surface area contributed by atoms with Gasteiger partial charge in [-0.25, -0.2) is 4.52 Å². The van der Waals surface area contributed by atoms with Crippen LogP contribution in [-0.4, -0.2) is 34.8 Å². The normalized spacial score (nSPS) is 14.6. The minimum Gasteiger partial charge on any atom is -0.406 e. The maximum Gasteiger partial charge on any atom is 0.573 e. The molecule has 2 aromatic carbocycles. The van der Waals surface area contributed by atoms with E-state index in [4.69, 9.17) is 0 Å². The fraction of sp³-hybridized carbons (Fsp3) is 0.355. The van der Waals surface area contributed by atoms with E-state index >= 15 is 0 Å². The Labute approximate surface area is 226 Å². The molecule has 0 amide bonds. The number of aromatic nitrogens is 2. The van der Waals surface area contributed by atoms with Gasteiger partial charge in [0, 0.05) is 31.4 Å². The number of hydrogen-bond acceptors (Lipinski definition) is 4. The quantitative estimate of drug-likeness (QED) is 0.222. The van der Waals surface area contributed by atoms with E-state index < -0.39 is 6.36 Å². The number of halogens is 3. The molecule has 4 aromatic rings. The van der Waals surface area contributed by atoms with Gasteiger partial charge in [-0.05, 0) is 91.6 Å². The second-order valence-corrected chi connectivity index (χ2v) is 10.2. The summed E-state index contributed by atoms with van der Waals surface area (Å²) in [6.45, 7) is 5.79. The van der Waals surface area contributed by atoms with Crippen LogP contribution in [0.2, 0.25) is 0 Å². The SMILES string of the molecule is CCc1nn2ccc(C)cc2c1C(=O)CCc1ccc(N2CCC(c3ccc(OC(F)(F)F)cc3)CC2)cc1. The molecule has 1 aliphatic rings. The number of fused-ring (bicyclic) bond motifs is 1. The minimum atomic E-state index is -4.68. The first-order valence-corrected chi connectivity index (χ1v) is 13.4. The van der Waals surface area contributed by atoms with Gasteiger partial charge in [0.25, 0.3) is 0 Å². The van der Waals surface area contributed by atoms with Gasteiger partial charge in [0.1, 0.15) is 5.75 Å². The molecule has 1 saturated heterocycles. The molecule has 5 nitrogen and oxygen atoms in total. The minimum absolute atomic E-state index is 0.122. The predicted molar refractivity (Wildman–Crippen MR) is 146 cm³/mol. The topological polar surface area (TPSA) is 46.8 Å². The van der Waals surface area contributed by atoms with Gasteiger partial charge in [-0.1, -0.05) is 31.2 Å². The van der Waals surface area contributed by atoms with Crippen LogP contribution in [0.25, 0.3) is 5.52 Å². The number of nitrogens with zero attached hydrogens (tertiary/aromatic N) is 3. The van der Waals surface area contributed by atoms with E-state index in [1.807, 2.05) is 32.2 Å². The van der Waals surface area contributed by atoms with Gasteiger partial charge >= 0.3 is 6.36 Å². The van der Waals surface area contributed by atoms with Crippen molar-refractivity contribution in [3.63, 3.8) is 0 Å². The molecule has 0 radical (unpaired) electrons. The summed E-state index contributed by atoms with van der Waals surface area (Å²) in [6.07, 6.45) is 0.895. The first-order chi connectivity index (χ1) is 18.7. The average Bonchev–Trinajstić information content (AvgIpc) is 3.29. The summed E-state index contributed by atoms with van der Waals surface area (Å²) in [6, 6.07) is 18.7. The number of benzene rings is 2. The van der Waals surface area contributed by atoms with Gasteiger partial charge in [-0.2, -0.15) is 5.10 Å². The summed E-state index contributed by atoms with van der Waals surface area (Å²) in [4.78, 5) is 15.5. The number of carbonyl (C=O) groups excluding carboxylic acids is 1. The van der Waals surface area contributed by atoms with E-state index in [0.717, 1.165) is 65.1 Å². The molecule has 0 saturated carbocycles. The number of pyridine rings is 1. The van der Waals surface area contributed by atoms with Crippen molar-refractivity contribution in [2.45, 2.75) is 58.2 Å². The molecule has 0 unspecified atom stereocenters. The second-order valence-electron chi connectivity index (χ2n) is 10.2. The zero-order valence-corrected chi connectivity index (χ0v) is 22.2. The fourth-order valence-electron chi connectivity index (χ4n) is 5.42. The van der Waals surface area contributed by atoms with Crippen LogP contribution < -0.4 is 9.64 Å². The van der Waals surface area contributed by atoms with E-state index in [-0.39, 0.29) is 11.5 Å². The number of alkyl halides is 3. The molecule has 204 valence electrons. The molecule has 2 aromatic heterocycles. The van der Waals surface area contributed by atoms with Crippen LogP contribution in [0.3, 0.4) is 0 Å². The lowest BCUT2D eigenvalue weighted by Crippen LogP contribution is -2.32. The van der Waals surface area contributed by atoms with Crippen molar-refractivity contribution in [2.75, 3.05) is 18.0 Å². The maximum atomic E-state index is 13.2. The molecule has 39 heavy (non-hydrogen) atoms. The molecular weight excluding hydrogens is 503 g/mol. The summed E-state index contributed by atoms with van der Waals surface area (Å²) in [5, 5.41) is 4.60. The van der Waals surface area contributed by atoms with Crippen molar-refractivity contribution in [1.29, 1.82) is 0 Å². The number of carbonyl (C=O) groups is 1. The molecule has 0 spiro atoms. The Bertz CT molecular complexity index is 1440. The highest BCUT2D eigenvalue weighted by Crippen LogP contribution is 2.32. The van der Waals surface area contributed by atoms with Crippen molar-refractivity contribution < 1.29 is 22.7 Å². The van der Waals surface area contributed by atoms with Crippen molar-refractivity contribution >= 4 is 17.0 Å². The highest BCUT2D eigenvalue weighted by atomic mass is 19.4. The lowest BCUT2D eigenvalue weighted by Gasteiger charge is -2.34. The van der Waals surface area contributed by atoms with E-state index in [2.05, 4.69) is 39.0 Å². The van der Waals surface area contributed by atoms with Gasteiger partial charge in [0.2, 0.25) is 0 Å². The van der Waals surface area contributed by atoms with Gasteiger partial charge in [0.05, 0.1) is 16.8 Å². The molecule has 0 N–H and O–H groups in total. The van der Waals surface area contributed by atoms with Crippen LogP contribution in [-0.2, 0) is 12.8 Å². The van der Waals surface area contributed by atoms with Crippen molar-refractivity contribution in [3.05, 3.63) is 94.8 Å². The Morgan fingerprint density at radius 3 is 2.36 bits per heavy atom. The van der Waals surface area contributed by atoms with Crippen LogP contribution in [0.15, 0.2) is 66.9 Å². The average molecular weight is 536 g/mol. The van der Waals surface area contributed by atoms with Gasteiger partial charge < -0.3 is 9.64 Å². The number of piperidine rings is 1. The Morgan fingerprint density at radius 2 is 1.72 bits per heavy atom. The third kappa shape index (κ3) is 6.27. The number of ketones is 1. The summed E-state index contributed by atoms with van der Waals surface area (Å²) in [5.41, 5.74) is 6.86. The number of ether oxygens (including phenoxy) is 1. The van der Waals surface area contributed by atoms with Crippen molar-refractivity contribution in [3.8, 4) is 5.75 Å². The Balaban J connectivity index is 1.16. The van der Waals surface area contributed by atoms with Gasteiger partial charge in [0.15, 0.2) is 5.78 Å². The van der Waals surface area contributed by atoms with E-state index in [9.17, 15) is 18.0 Å². The van der Waals surface area contributed by atoms with Gasteiger partial charge in [-0.15, -0.1) is 13.2 Å². The lowest BCUT2D eigenvalue weighted by atomic mass is 9.89. The van der Waals surface area contributed by atoms with E-state index in [1.54, 1.807) is 16.6 Å². The molecule has 1 fully saturated rings. The number of Topliss-reactive ketones (excluding diaryl/α,β-unsaturated/α-hetero) is 1. The number of aryl methyl sites for hydroxylation is 3. The largest absolute Gasteiger partial charge is 0.573 e. The predicted octanol–water partition coefficient (Wildman–Crippen LogP) is 7.30. The summed E-state index contributed by atoms with van der Waals surface area (Å²) in [5.74, 6) is 0.241. The standard InChI is InChI=1S/C31H32F3N3O2/c1-3-27-30(28-20-21(2)14-19-37(28)35-27)29(38)13-6-22-4-9-25(10-5-22)36-17-15-24(16-18-36)23-7-11-26(12-8-23)39-31(32,33)34/h4-5,7-12,14,19-20,24H,3,6,13,15-18H2,1-2H3. The van der Waals surface area contributed by atoms with Crippen LogP contribution >= 0.6 is 0 Å². The first kappa shape index (κ1) is 26.8. The zero-order valence-electron chi connectivity index (χ0n) is 22.2. The smallest absolute Gasteiger partial charge is 0.406 e. The summed E-state index contributed by atoms with van der Waals surface area (Å²) < 4.78 is 43.0. The second kappa shape index (κ2) is 11.1. The molecule has 5 rings (SSSR count). The Kier molecular flexibility index (Phi) is 7.64. The third-order valence-electron chi connectivity index (χ3n) is 7.50. The zero-order chi connectivity index (χ0) is 27.6.